The van der Waals surface area contributed by atoms with Gasteiger partial charge in [0.1, 0.15) is 5.75 Å². The molecule has 5 nitrogen and oxygen atoms in total. The van der Waals surface area contributed by atoms with E-state index < -0.39 is 6.43 Å². The number of ether oxygens (including phenoxy) is 1. The van der Waals surface area contributed by atoms with Gasteiger partial charge in [0.2, 0.25) is 0 Å². The van der Waals surface area contributed by atoms with Gasteiger partial charge in [0, 0.05) is 32.7 Å². The van der Waals surface area contributed by atoms with Crippen LogP contribution >= 0.6 is 0 Å². The molecule has 2 N–H and O–H groups in total. The Hall–Kier alpha value is -1.89. The van der Waals surface area contributed by atoms with E-state index in [0.717, 1.165) is 43.1 Å². The van der Waals surface area contributed by atoms with Crippen molar-refractivity contribution >= 4 is 5.96 Å². The molecule has 146 valence electrons. The summed E-state index contributed by atoms with van der Waals surface area (Å²) in [5.74, 6) is 1.66. The van der Waals surface area contributed by atoms with Crippen molar-refractivity contribution < 1.29 is 13.5 Å². The monoisotopic (exact) mass is 368 g/mol. The fraction of sp³-hybridized carbons (Fsp3) is 0.632. The van der Waals surface area contributed by atoms with E-state index in [0.29, 0.717) is 13.1 Å². The van der Waals surface area contributed by atoms with Gasteiger partial charge in [0.25, 0.3) is 6.43 Å². The van der Waals surface area contributed by atoms with Crippen LogP contribution in [0.5, 0.6) is 5.75 Å². The highest BCUT2D eigenvalue weighted by Crippen LogP contribution is 2.19. The zero-order chi connectivity index (χ0) is 18.9. The number of aliphatic imine (C=N–C) groups is 1. The highest BCUT2D eigenvalue weighted by atomic mass is 19.3. The van der Waals surface area contributed by atoms with E-state index in [2.05, 4.69) is 33.8 Å². The number of alkyl halides is 2. The quantitative estimate of drug-likeness (QED) is 0.573. The number of piperidine rings is 1. The van der Waals surface area contributed by atoms with E-state index in [9.17, 15) is 8.78 Å². The lowest BCUT2D eigenvalue weighted by Crippen LogP contribution is -2.49. The number of nitrogens with zero attached hydrogens (tertiary/aromatic N) is 2. The van der Waals surface area contributed by atoms with Crippen LogP contribution in [-0.2, 0) is 6.42 Å². The zero-order valence-electron chi connectivity index (χ0n) is 15.9. The molecule has 0 spiro atoms. The third-order valence-corrected chi connectivity index (χ3v) is 4.73. The SMILES string of the molecule is CN=C(NCCc1ccc(C)c(OC)c1)NC1CCN(CC(F)F)CC1. The molecule has 0 radical (unpaired) electrons. The summed E-state index contributed by atoms with van der Waals surface area (Å²) >= 11 is 0. The van der Waals surface area contributed by atoms with Crippen molar-refractivity contribution in [1.82, 2.24) is 15.5 Å². The van der Waals surface area contributed by atoms with E-state index in [1.807, 2.05) is 11.8 Å². The molecule has 26 heavy (non-hydrogen) atoms. The van der Waals surface area contributed by atoms with Crippen LogP contribution in [0.4, 0.5) is 8.78 Å². The highest BCUT2D eigenvalue weighted by Gasteiger charge is 2.21. The van der Waals surface area contributed by atoms with Crippen molar-refractivity contribution in [1.29, 1.82) is 0 Å². The van der Waals surface area contributed by atoms with Crippen molar-refractivity contribution in [3.63, 3.8) is 0 Å². The Labute approximate surface area is 154 Å². The molecule has 7 heteroatoms. The van der Waals surface area contributed by atoms with E-state index in [-0.39, 0.29) is 12.6 Å². The first-order valence-corrected chi connectivity index (χ1v) is 9.13. The van der Waals surface area contributed by atoms with Crippen molar-refractivity contribution in [3.8, 4) is 5.75 Å². The summed E-state index contributed by atoms with van der Waals surface area (Å²) in [5.41, 5.74) is 2.33. The van der Waals surface area contributed by atoms with Crippen LogP contribution in [0.3, 0.4) is 0 Å². The van der Waals surface area contributed by atoms with E-state index in [1.54, 1.807) is 14.2 Å². The van der Waals surface area contributed by atoms with Crippen LogP contribution in [0.15, 0.2) is 23.2 Å². The van der Waals surface area contributed by atoms with Gasteiger partial charge < -0.3 is 15.4 Å². The lowest BCUT2D eigenvalue weighted by atomic mass is 10.1. The summed E-state index contributed by atoms with van der Waals surface area (Å²) in [6, 6.07) is 6.50. The number of hydrogen-bond acceptors (Lipinski definition) is 3. The fourth-order valence-electron chi connectivity index (χ4n) is 3.19. The van der Waals surface area contributed by atoms with Crippen LogP contribution < -0.4 is 15.4 Å². The average Bonchev–Trinajstić information content (AvgIpc) is 2.63. The summed E-state index contributed by atoms with van der Waals surface area (Å²) in [7, 11) is 3.43. The summed E-state index contributed by atoms with van der Waals surface area (Å²) in [5, 5.41) is 6.72. The van der Waals surface area contributed by atoms with Gasteiger partial charge in [-0.1, -0.05) is 12.1 Å². The molecule has 0 atom stereocenters. The Bertz CT molecular complexity index is 587. The fourth-order valence-corrected chi connectivity index (χ4v) is 3.19. The zero-order valence-corrected chi connectivity index (χ0v) is 15.9. The third-order valence-electron chi connectivity index (χ3n) is 4.73. The van der Waals surface area contributed by atoms with Crippen molar-refractivity contribution in [2.75, 3.05) is 40.3 Å². The molecule has 0 aromatic heterocycles. The smallest absolute Gasteiger partial charge is 0.251 e. The summed E-state index contributed by atoms with van der Waals surface area (Å²) in [6.07, 6.45) is 0.310. The summed E-state index contributed by atoms with van der Waals surface area (Å²) in [4.78, 5) is 6.09. The molecule has 1 aromatic rings. The van der Waals surface area contributed by atoms with Gasteiger partial charge in [-0.25, -0.2) is 8.78 Å². The first-order chi connectivity index (χ1) is 12.5. The van der Waals surface area contributed by atoms with Gasteiger partial charge >= 0.3 is 0 Å². The molecule has 1 heterocycles. The van der Waals surface area contributed by atoms with Crippen LogP contribution in [0, 0.1) is 6.92 Å². The molecule has 1 aromatic carbocycles. The number of likely N-dealkylation sites (tertiary alicyclic amines) is 1. The second kappa shape index (κ2) is 10.3. The molecule has 1 fully saturated rings. The number of hydrogen-bond donors (Lipinski definition) is 2. The Morgan fingerprint density at radius 1 is 1.35 bits per heavy atom. The van der Waals surface area contributed by atoms with Crippen LogP contribution in [0.25, 0.3) is 0 Å². The number of benzene rings is 1. The first-order valence-electron chi connectivity index (χ1n) is 9.13. The van der Waals surface area contributed by atoms with Crippen LogP contribution in [-0.4, -0.2) is 63.7 Å². The van der Waals surface area contributed by atoms with E-state index in [4.69, 9.17) is 4.74 Å². The lowest BCUT2D eigenvalue weighted by molar-refractivity contribution is 0.0744. The molecule has 2 rings (SSSR count). The summed E-state index contributed by atoms with van der Waals surface area (Å²) < 4.78 is 30.2. The molecule has 0 bridgehead atoms. The number of aryl methyl sites for hydroxylation is 1. The molecular formula is C19H30F2N4O. The topological polar surface area (TPSA) is 48.9 Å². The minimum absolute atomic E-state index is 0.125. The average molecular weight is 368 g/mol. The molecule has 1 aliphatic rings. The van der Waals surface area contributed by atoms with Crippen molar-refractivity contribution in [3.05, 3.63) is 29.3 Å². The lowest BCUT2D eigenvalue weighted by Gasteiger charge is -2.32. The Morgan fingerprint density at radius 2 is 2.08 bits per heavy atom. The number of rotatable bonds is 7. The Kier molecular flexibility index (Phi) is 8.09. The minimum Gasteiger partial charge on any atom is -0.496 e. The summed E-state index contributed by atoms with van der Waals surface area (Å²) in [6.45, 7) is 4.05. The second-order valence-electron chi connectivity index (χ2n) is 6.66. The van der Waals surface area contributed by atoms with E-state index >= 15 is 0 Å². The van der Waals surface area contributed by atoms with Gasteiger partial charge in [-0.15, -0.1) is 0 Å². The number of guanidine groups is 1. The van der Waals surface area contributed by atoms with Gasteiger partial charge in [-0.2, -0.15) is 0 Å². The largest absolute Gasteiger partial charge is 0.496 e. The minimum atomic E-state index is -2.26. The highest BCUT2D eigenvalue weighted by molar-refractivity contribution is 5.79. The van der Waals surface area contributed by atoms with Crippen LogP contribution in [0.1, 0.15) is 24.0 Å². The van der Waals surface area contributed by atoms with Gasteiger partial charge in [0.15, 0.2) is 5.96 Å². The molecule has 0 aliphatic carbocycles. The first kappa shape index (κ1) is 20.4. The standard InChI is InChI=1S/C19H30F2N4O/c1-14-4-5-15(12-17(14)26-3)6-9-23-19(22-2)24-16-7-10-25(11-8-16)13-18(20)21/h4-5,12,16,18H,6-11,13H2,1-3H3,(H2,22,23,24). The number of methoxy groups -OCH3 is 1. The maximum absolute atomic E-state index is 12.4. The maximum Gasteiger partial charge on any atom is 0.251 e. The van der Waals surface area contributed by atoms with Gasteiger partial charge in [0.05, 0.1) is 13.7 Å². The third kappa shape index (κ3) is 6.44. The molecular weight excluding hydrogens is 338 g/mol. The molecule has 0 saturated carbocycles. The van der Waals surface area contributed by atoms with Crippen LogP contribution in [0.2, 0.25) is 0 Å². The molecule has 0 amide bonds. The predicted molar refractivity (Wildman–Crippen MR) is 101 cm³/mol. The maximum atomic E-state index is 12.4. The Balaban J connectivity index is 1.73. The molecule has 1 saturated heterocycles. The Morgan fingerprint density at radius 3 is 2.69 bits per heavy atom. The number of halogens is 2. The van der Waals surface area contributed by atoms with E-state index in [1.165, 1.54) is 5.56 Å². The molecule has 0 unspecified atom stereocenters. The van der Waals surface area contributed by atoms with Gasteiger partial charge in [-0.05, 0) is 43.4 Å². The second-order valence-corrected chi connectivity index (χ2v) is 6.66. The molecule has 1 aliphatic heterocycles. The van der Waals surface area contributed by atoms with Crippen molar-refractivity contribution in [2.45, 2.75) is 38.7 Å². The predicted octanol–water partition coefficient (Wildman–Crippen LogP) is 2.44. The number of nitrogens with one attached hydrogen (secondary N) is 2. The van der Waals surface area contributed by atoms with Crippen molar-refractivity contribution in [2.24, 2.45) is 4.99 Å². The normalized spacial score (nSPS) is 16.8. The van der Waals surface area contributed by atoms with Gasteiger partial charge in [-0.3, -0.25) is 9.89 Å².